The van der Waals surface area contributed by atoms with Crippen LogP contribution in [0.4, 0.5) is 0 Å². The Balaban J connectivity index is 1.66. The maximum atomic E-state index is 12.4. The molecule has 1 fully saturated rings. The lowest BCUT2D eigenvalue weighted by atomic mass is 9.84. The van der Waals surface area contributed by atoms with E-state index in [-0.39, 0.29) is 5.91 Å². The molecule has 0 spiro atoms. The summed E-state index contributed by atoms with van der Waals surface area (Å²) in [6.07, 6.45) is 6.90. The summed E-state index contributed by atoms with van der Waals surface area (Å²) in [7, 11) is 0. The lowest BCUT2D eigenvalue weighted by Crippen LogP contribution is -2.39. The van der Waals surface area contributed by atoms with E-state index in [4.69, 9.17) is 0 Å². The molecule has 20 heavy (non-hydrogen) atoms. The predicted molar refractivity (Wildman–Crippen MR) is 77.5 cm³/mol. The van der Waals surface area contributed by atoms with Crippen molar-refractivity contribution in [3.63, 3.8) is 0 Å². The second-order valence-corrected chi connectivity index (χ2v) is 6.07. The molecule has 1 amide bonds. The average molecular weight is 276 g/mol. The van der Waals surface area contributed by atoms with Crippen LogP contribution in [0.3, 0.4) is 0 Å². The van der Waals surface area contributed by atoms with E-state index in [0.717, 1.165) is 49.5 Å². The van der Waals surface area contributed by atoms with Gasteiger partial charge in [-0.15, -0.1) is 0 Å². The van der Waals surface area contributed by atoms with Crippen LogP contribution in [0.25, 0.3) is 0 Å². The molecule has 1 aromatic rings. The first kappa shape index (κ1) is 13.6. The molecule has 0 saturated heterocycles. The van der Waals surface area contributed by atoms with E-state index in [0.29, 0.717) is 11.7 Å². The van der Waals surface area contributed by atoms with Crippen molar-refractivity contribution in [2.45, 2.75) is 58.0 Å². The summed E-state index contributed by atoms with van der Waals surface area (Å²) >= 11 is 0. The van der Waals surface area contributed by atoms with Crippen molar-refractivity contribution < 1.29 is 4.79 Å². The Labute approximate surface area is 119 Å². The molecule has 0 radical (unpaired) electrons. The maximum Gasteiger partial charge on any atom is 0.272 e. The van der Waals surface area contributed by atoms with Crippen LogP contribution < -0.4 is 10.6 Å². The Bertz CT molecular complexity index is 482. The smallest absolute Gasteiger partial charge is 0.272 e. The summed E-state index contributed by atoms with van der Waals surface area (Å²) in [5.41, 5.74) is 2.76. The van der Waals surface area contributed by atoms with Crippen molar-refractivity contribution in [3.05, 3.63) is 17.0 Å². The number of fused-ring (bicyclic) bond motifs is 1. The molecule has 1 saturated carbocycles. The van der Waals surface area contributed by atoms with Crippen LogP contribution in [0, 0.1) is 5.92 Å². The molecule has 3 rings (SSSR count). The first-order valence-electron chi connectivity index (χ1n) is 7.85. The van der Waals surface area contributed by atoms with Gasteiger partial charge in [0.1, 0.15) is 0 Å². The number of rotatable bonds is 3. The molecule has 110 valence electrons. The van der Waals surface area contributed by atoms with Crippen molar-refractivity contribution in [1.29, 1.82) is 0 Å². The fourth-order valence-corrected chi connectivity index (χ4v) is 3.46. The molecular formula is C15H24N4O. The summed E-state index contributed by atoms with van der Waals surface area (Å²) in [5.74, 6) is 0.761. The summed E-state index contributed by atoms with van der Waals surface area (Å²) < 4.78 is 0. The molecule has 0 bridgehead atoms. The first-order valence-corrected chi connectivity index (χ1v) is 7.85. The SMILES string of the molecule is CCC1CCCC(NC(=O)c2n[nH]c3c2CNCC3)C1. The van der Waals surface area contributed by atoms with Crippen molar-refractivity contribution in [2.24, 2.45) is 5.92 Å². The summed E-state index contributed by atoms with van der Waals surface area (Å²) in [4.78, 5) is 12.4. The summed E-state index contributed by atoms with van der Waals surface area (Å²) in [5, 5.41) is 13.7. The third-order valence-corrected chi connectivity index (χ3v) is 4.72. The van der Waals surface area contributed by atoms with E-state index in [1.807, 2.05) is 0 Å². The Morgan fingerprint density at radius 3 is 3.20 bits per heavy atom. The van der Waals surface area contributed by atoms with Crippen LogP contribution >= 0.6 is 0 Å². The van der Waals surface area contributed by atoms with E-state index >= 15 is 0 Å². The highest BCUT2D eigenvalue weighted by atomic mass is 16.2. The summed E-state index contributed by atoms with van der Waals surface area (Å²) in [6, 6.07) is 0.324. The number of carbonyl (C=O) groups excluding carboxylic acids is 1. The standard InChI is InChI=1S/C15H24N4O/c1-2-10-4-3-5-11(8-10)17-15(20)14-12-9-16-7-6-13(12)18-19-14/h10-11,16H,2-9H2,1H3,(H,17,20)(H,18,19). The van der Waals surface area contributed by atoms with Gasteiger partial charge in [-0.1, -0.05) is 26.2 Å². The molecule has 2 aliphatic rings. The molecule has 5 heteroatoms. The molecule has 1 aromatic heterocycles. The van der Waals surface area contributed by atoms with E-state index in [1.165, 1.54) is 19.3 Å². The highest BCUT2D eigenvalue weighted by Gasteiger charge is 2.26. The van der Waals surface area contributed by atoms with Crippen molar-refractivity contribution in [1.82, 2.24) is 20.8 Å². The van der Waals surface area contributed by atoms with Crippen molar-refractivity contribution >= 4 is 5.91 Å². The van der Waals surface area contributed by atoms with Gasteiger partial charge in [0, 0.05) is 36.8 Å². The number of aromatic amines is 1. The van der Waals surface area contributed by atoms with Crippen molar-refractivity contribution in [3.8, 4) is 0 Å². The minimum atomic E-state index is -0.00652. The average Bonchev–Trinajstić information content (AvgIpc) is 2.91. The Kier molecular flexibility index (Phi) is 4.05. The van der Waals surface area contributed by atoms with E-state index in [2.05, 4.69) is 27.8 Å². The van der Waals surface area contributed by atoms with Gasteiger partial charge in [0.15, 0.2) is 5.69 Å². The van der Waals surface area contributed by atoms with Crippen LogP contribution in [0.5, 0.6) is 0 Å². The number of amides is 1. The molecule has 5 nitrogen and oxygen atoms in total. The third-order valence-electron chi connectivity index (χ3n) is 4.72. The number of aromatic nitrogens is 2. The Hall–Kier alpha value is -1.36. The van der Waals surface area contributed by atoms with Crippen LogP contribution in [0.15, 0.2) is 0 Å². The van der Waals surface area contributed by atoms with Gasteiger partial charge < -0.3 is 10.6 Å². The Morgan fingerprint density at radius 2 is 2.35 bits per heavy atom. The molecule has 2 atom stereocenters. The predicted octanol–water partition coefficient (Wildman–Crippen LogP) is 1.75. The number of H-pyrrole nitrogens is 1. The third kappa shape index (κ3) is 2.73. The zero-order valence-corrected chi connectivity index (χ0v) is 12.2. The first-order chi connectivity index (χ1) is 9.78. The quantitative estimate of drug-likeness (QED) is 0.788. The zero-order valence-electron chi connectivity index (χ0n) is 12.2. The second kappa shape index (κ2) is 5.95. The zero-order chi connectivity index (χ0) is 13.9. The van der Waals surface area contributed by atoms with Gasteiger partial charge in [-0.05, 0) is 18.8 Å². The van der Waals surface area contributed by atoms with Crippen LogP contribution in [0.2, 0.25) is 0 Å². The normalized spacial score (nSPS) is 26.1. The minimum Gasteiger partial charge on any atom is -0.348 e. The van der Waals surface area contributed by atoms with E-state index in [1.54, 1.807) is 0 Å². The number of hydrogen-bond donors (Lipinski definition) is 3. The molecular weight excluding hydrogens is 252 g/mol. The lowest BCUT2D eigenvalue weighted by molar-refractivity contribution is 0.0913. The molecule has 1 aliphatic carbocycles. The highest BCUT2D eigenvalue weighted by molar-refractivity contribution is 5.94. The molecule has 0 aromatic carbocycles. The van der Waals surface area contributed by atoms with Gasteiger partial charge in [0.25, 0.3) is 5.91 Å². The van der Waals surface area contributed by atoms with Crippen molar-refractivity contribution in [2.75, 3.05) is 6.54 Å². The maximum absolute atomic E-state index is 12.4. The van der Waals surface area contributed by atoms with Gasteiger partial charge >= 0.3 is 0 Å². The second-order valence-electron chi connectivity index (χ2n) is 6.07. The van der Waals surface area contributed by atoms with E-state index in [9.17, 15) is 4.79 Å². The van der Waals surface area contributed by atoms with Gasteiger partial charge in [0.2, 0.25) is 0 Å². The van der Waals surface area contributed by atoms with Gasteiger partial charge in [-0.2, -0.15) is 5.10 Å². The Morgan fingerprint density at radius 1 is 1.45 bits per heavy atom. The van der Waals surface area contributed by atoms with Gasteiger partial charge in [0.05, 0.1) is 0 Å². The fraction of sp³-hybridized carbons (Fsp3) is 0.733. The monoisotopic (exact) mass is 276 g/mol. The molecule has 2 heterocycles. The number of hydrogen-bond acceptors (Lipinski definition) is 3. The van der Waals surface area contributed by atoms with E-state index < -0.39 is 0 Å². The van der Waals surface area contributed by atoms with Crippen LogP contribution in [0.1, 0.15) is 60.8 Å². The highest BCUT2D eigenvalue weighted by Crippen LogP contribution is 2.27. The number of nitrogens with zero attached hydrogens (tertiary/aromatic N) is 1. The van der Waals surface area contributed by atoms with Crippen LogP contribution in [-0.4, -0.2) is 28.7 Å². The van der Waals surface area contributed by atoms with Gasteiger partial charge in [-0.3, -0.25) is 9.89 Å². The topological polar surface area (TPSA) is 69.8 Å². The van der Waals surface area contributed by atoms with Crippen LogP contribution in [-0.2, 0) is 13.0 Å². The minimum absolute atomic E-state index is 0.00652. The van der Waals surface area contributed by atoms with Gasteiger partial charge in [-0.25, -0.2) is 0 Å². The fourth-order valence-electron chi connectivity index (χ4n) is 3.46. The number of nitrogens with one attached hydrogen (secondary N) is 3. The lowest BCUT2D eigenvalue weighted by Gasteiger charge is -2.29. The largest absolute Gasteiger partial charge is 0.348 e. The number of carbonyl (C=O) groups is 1. The molecule has 1 aliphatic heterocycles. The summed E-state index contributed by atoms with van der Waals surface area (Å²) in [6.45, 7) is 3.94. The molecule has 3 N–H and O–H groups in total. The molecule has 2 unspecified atom stereocenters.